The number of benzene rings is 1. The molecule has 1 aromatic rings. The second-order valence-corrected chi connectivity index (χ2v) is 3.88. The lowest BCUT2D eigenvalue weighted by atomic mass is 10.2. The second kappa shape index (κ2) is 8.37. The van der Waals surface area contributed by atoms with Crippen molar-refractivity contribution in [2.45, 2.75) is 26.3 Å². The lowest BCUT2D eigenvalue weighted by Crippen LogP contribution is -2.33. The molecule has 19 heavy (non-hydrogen) atoms. The van der Waals surface area contributed by atoms with E-state index in [9.17, 15) is 4.79 Å². The number of para-hydroxylation sites is 2. The van der Waals surface area contributed by atoms with Crippen LogP contribution in [0.5, 0.6) is 11.5 Å². The first-order valence-electron chi connectivity index (χ1n) is 6.45. The van der Waals surface area contributed by atoms with E-state index in [-0.39, 0.29) is 0 Å². The molecule has 0 spiro atoms. The SMILES string of the molecule is CCOC(=O)C(N)CCOc1ccccc1OCC. The van der Waals surface area contributed by atoms with Crippen molar-refractivity contribution in [3.05, 3.63) is 24.3 Å². The molecule has 0 fully saturated rings. The van der Waals surface area contributed by atoms with E-state index < -0.39 is 12.0 Å². The summed E-state index contributed by atoms with van der Waals surface area (Å²) in [7, 11) is 0. The number of nitrogens with two attached hydrogens (primary N) is 1. The first-order valence-corrected chi connectivity index (χ1v) is 6.45. The lowest BCUT2D eigenvalue weighted by Gasteiger charge is -2.13. The molecule has 0 aromatic heterocycles. The van der Waals surface area contributed by atoms with Crippen molar-refractivity contribution in [1.29, 1.82) is 0 Å². The number of rotatable bonds is 8. The quantitative estimate of drug-likeness (QED) is 0.726. The van der Waals surface area contributed by atoms with Crippen molar-refractivity contribution in [2.75, 3.05) is 19.8 Å². The average molecular weight is 267 g/mol. The van der Waals surface area contributed by atoms with Gasteiger partial charge in [-0.15, -0.1) is 0 Å². The molecule has 2 N–H and O–H groups in total. The van der Waals surface area contributed by atoms with Crippen LogP contribution >= 0.6 is 0 Å². The van der Waals surface area contributed by atoms with Gasteiger partial charge >= 0.3 is 5.97 Å². The Morgan fingerprint density at radius 2 is 1.79 bits per heavy atom. The van der Waals surface area contributed by atoms with E-state index >= 15 is 0 Å². The van der Waals surface area contributed by atoms with Crippen LogP contribution in [0.2, 0.25) is 0 Å². The number of hydrogen-bond donors (Lipinski definition) is 1. The Bertz CT molecular complexity index is 395. The zero-order chi connectivity index (χ0) is 14.1. The van der Waals surface area contributed by atoms with E-state index in [1.165, 1.54) is 0 Å². The van der Waals surface area contributed by atoms with E-state index in [0.29, 0.717) is 37.7 Å². The minimum Gasteiger partial charge on any atom is -0.490 e. The number of hydrogen-bond acceptors (Lipinski definition) is 5. The molecule has 5 nitrogen and oxygen atoms in total. The fraction of sp³-hybridized carbons (Fsp3) is 0.500. The van der Waals surface area contributed by atoms with Crippen molar-refractivity contribution in [2.24, 2.45) is 5.73 Å². The first kappa shape index (κ1) is 15.3. The number of carbonyl (C=O) groups is 1. The largest absolute Gasteiger partial charge is 0.490 e. The molecule has 106 valence electrons. The third-order valence-electron chi connectivity index (χ3n) is 2.42. The van der Waals surface area contributed by atoms with Crippen LogP contribution < -0.4 is 15.2 Å². The van der Waals surface area contributed by atoms with Gasteiger partial charge in [0.05, 0.1) is 19.8 Å². The van der Waals surface area contributed by atoms with Crippen LogP contribution in [-0.4, -0.2) is 31.8 Å². The molecule has 0 saturated carbocycles. The maximum Gasteiger partial charge on any atom is 0.323 e. The molecular weight excluding hydrogens is 246 g/mol. The molecule has 1 aromatic carbocycles. The highest BCUT2D eigenvalue weighted by molar-refractivity contribution is 5.75. The van der Waals surface area contributed by atoms with E-state index in [1.807, 2.05) is 31.2 Å². The molecule has 0 aliphatic carbocycles. The van der Waals surface area contributed by atoms with Crippen molar-refractivity contribution in [1.82, 2.24) is 0 Å². The van der Waals surface area contributed by atoms with Crippen molar-refractivity contribution in [3.8, 4) is 11.5 Å². The van der Waals surface area contributed by atoms with Crippen LogP contribution in [0, 0.1) is 0 Å². The summed E-state index contributed by atoms with van der Waals surface area (Å²) in [5.74, 6) is 0.944. The Morgan fingerprint density at radius 1 is 1.16 bits per heavy atom. The monoisotopic (exact) mass is 267 g/mol. The maximum atomic E-state index is 11.3. The predicted octanol–water partition coefficient (Wildman–Crippen LogP) is 1.74. The van der Waals surface area contributed by atoms with Gasteiger partial charge < -0.3 is 19.9 Å². The minimum atomic E-state index is -0.654. The minimum absolute atomic E-state index is 0.334. The molecule has 1 atom stereocenters. The van der Waals surface area contributed by atoms with Gasteiger partial charge in [-0.05, 0) is 26.0 Å². The molecule has 0 aliphatic heterocycles. The summed E-state index contributed by atoms with van der Waals surface area (Å²) in [6.07, 6.45) is 0.402. The molecule has 5 heteroatoms. The standard InChI is InChI=1S/C14H21NO4/c1-3-17-12-7-5-6-8-13(12)19-10-9-11(15)14(16)18-4-2/h5-8,11H,3-4,9-10,15H2,1-2H3. The van der Waals surface area contributed by atoms with Gasteiger partial charge in [0.15, 0.2) is 11.5 Å². The van der Waals surface area contributed by atoms with Crippen molar-refractivity contribution < 1.29 is 19.0 Å². The lowest BCUT2D eigenvalue weighted by molar-refractivity contribution is -0.145. The fourth-order valence-electron chi connectivity index (χ4n) is 1.51. The Balaban J connectivity index is 2.42. The Labute approximate surface area is 113 Å². The highest BCUT2D eigenvalue weighted by Gasteiger charge is 2.14. The van der Waals surface area contributed by atoms with E-state index in [2.05, 4.69) is 0 Å². The van der Waals surface area contributed by atoms with Crippen molar-refractivity contribution >= 4 is 5.97 Å². The summed E-state index contributed by atoms with van der Waals surface area (Å²) in [4.78, 5) is 11.3. The normalized spacial score (nSPS) is 11.7. The molecule has 0 radical (unpaired) electrons. The maximum absolute atomic E-state index is 11.3. The van der Waals surface area contributed by atoms with Gasteiger partial charge in [0.2, 0.25) is 0 Å². The fourth-order valence-corrected chi connectivity index (χ4v) is 1.51. The Hall–Kier alpha value is -1.75. The van der Waals surface area contributed by atoms with Crippen LogP contribution in [0.25, 0.3) is 0 Å². The van der Waals surface area contributed by atoms with Gasteiger partial charge in [-0.3, -0.25) is 4.79 Å². The summed E-state index contributed by atoms with van der Waals surface area (Å²) in [5, 5.41) is 0. The van der Waals surface area contributed by atoms with Crippen LogP contribution in [0.3, 0.4) is 0 Å². The molecule has 1 unspecified atom stereocenters. The third-order valence-corrected chi connectivity index (χ3v) is 2.42. The molecule has 1 rings (SSSR count). The zero-order valence-electron chi connectivity index (χ0n) is 11.4. The van der Waals surface area contributed by atoms with Gasteiger partial charge in [0, 0.05) is 6.42 Å². The van der Waals surface area contributed by atoms with Gasteiger partial charge in [-0.25, -0.2) is 0 Å². The van der Waals surface area contributed by atoms with Crippen LogP contribution in [0.1, 0.15) is 20.3 Å². The average Bonchev–Trinajstić information content (AvgIpc) is 2.41. The van der Waals surface area contributed by atoms with Gasteiger partial charge in [-0.2, -0.15) is 0 Å². The Kier molecular flexibility index (Phi) is 6.74. The molecular formula is C14H21NO4. The molecule has 0 saturated heterocycles. The predicted molar refractivity (Wildman–Crippen MR) is 72.3 cm³/mol. The molecule has 0 heterocycles. The number of carbonyl (C=O) groups excluding carboxylic acids is 1. The Morgan fingerprint density at radius 3 is 2.37 bits per heavy atom. The van der Waals surface area contributed by atoms with Gasteiger partial charge in [0.25, 0.3) is 0 Å². The number of esters is 1. The van der Waals surface area contributed by atoms with Crippen LogP contribution in [-0.2, 0) is 9.53 Å². The highest BCUT2D eigenvalue weighted by atomic mass is 16.5. The van der Waals surface area contributed by atoms with E-state index in [1.54, 1.807) is 6.92 Å². The summed E-state index contributed by atoms with van der Waals surface area (Å²) < 4.78 is 15.8. The third kappa shape index (κ3) is 5.18. The molecule has 0 bridgehead atoms. The van der Waals surface area contributed by atoms with E-state index in [0.717, 1.165) is 0 Å². The summed E-state index contributed by atoms with van der Waals surface area (Å²) in [6, 6.07) is 6.75. The van der Waals surface area contributed by atoms with Crippen LogP contribution in [0.15, 0.2) is 24.3 Å². The second-order valence-electron chi connectivity index (χ2n) is 3.88. The van der Waals surface area contributed by atoms with E-state index in [4.69, 9.17) is 19.9 Å². The summed E-state index contributed by atoms with van der Waals surface area (Å²) in [6.45, 7) is 4.90. The smallest absolute Gasteiger partial charge is 0.323 e. The van der Waals surface area contributed by atoms with Crippen LogP contribution in [0.4, 0.5) is 0 Å². The summed E-state index contributed by atoms with van der Waals surface area (Å²) in [5.41, 5.74) is 5.68. The summed E-state index contributed by atoms with van der Waals surface area (Å²) >= 11 is 0. The van der Waals surface area contributed by atoms with Gasteiger partial charge in [0.1, 0.15) is 6.04 Å². The zero-order valence-corrected chi connectivity index (χ0v) is 11.4. The van der Waals surface area contributed by atoms with Crippen molar-refractivity contribution in [3.63, 3.8) is 0 Å². The topological polar surface area (TPSA) is 70.8 Å². The first-order chi connectivity index (χ1) is 9.19. The van der Waals surface area contributed by atoms with Gasteiger partial charge in [-0.1, -0.05) is 12.1 Å². The molecule has 0 aliphatic rings. The number of ether oxygens (including phenoxy) is 3. The highest BCUT2D eigenvalue weighted by Crippen LogP contribution is 2.26. The molecule has 0 amide bonds.